The summed E-state index contributed by atoms with van der Waals surface area (Å²) >= 11 is 1.58. The lowest BCUT2D eigenvalue weighted by molar-refractivity contribution is -0.139. The van der Waals surface area contributed by atoms with E-state index in [1.807, 2.05) is 30.3 Å². The van der Waals surface area contributed by atoms with Crippen LogP contribution in [0, 0.1) is 0 Å². The van der Waals surface area contributed by atoms with Gasteiger partial charge in [-0.25, -0.2) is 4.79 Å². The van der Waals surface area contributed by atoms with Gasteiger partial charge < -0.3 is 14.4 Å². The smallest absolute Gasteiger partial charge is 0.411 e. The van der Waals surface area contributed by atoms with Crippen LogP contribution in [0.4, 0.5) is 4.79 Å². The van der Waals surface area contributed by atoms with Crippen LogP contribution < -0.4 is 0 Å². The van der Waals surface area contributed by atoms with E-state index in [2.05, 4.69) is 0 Å². The Bertz CT molecular complexity index is 548. The molecule has 2 aliphatic heterocycles. The lowest BCUT2D eigenvalue weighted by atomic mass is 10.2. The lowest BCUT2D eigenvalue weighted by Gasteiger charge is -2.31. The number of thioether (sulfide) groups is 1. The maximum absolute atomic E-state index is 12.6. The molecule has 0 bridgehead atoms. The van der Waals surface area contributed by atoms with E-state index in [0.717, 1.165) is 5.56 Å². The molecule has 2 amide bonds. The predicted octanol–water partition coefficient (Wildman–Crippen LogP) is 1.56. The number of amides is 2. The molecular formula is C16H20N2O4S. The molecule has 0 saturated carbocycles. The molecule has 0 spiro atoms. The Hall–Kier alpha value is -1.73. The minimum absolute atomic E-state index is 0.00467. The third kappa shape index (κ3) is 3.97. The number of benzene rings is 1. The number of carbonyl (C=O) groups is 2. The average molecular weight is 336 g/mol. The number of nitrogens with zero attached hydrogens (tertiary/aromatic N) is 2. The summed E-state index contributed by atoms with van der Waals surface area (Å²) in [5.41, 5.74) is 0.934. The highest BCUT2D eigenvalue weighted by molar-refractivity contribution is 7.99. The SMILES string of the molecule is O=C([C@@H]1CSCN1C(=O)OCc1ccccc1)N1CCOCC1. The maximum atomic E-state index is 12.6. The molecule has 1 aromatic rings. The van der Waals surface area contributed by atoms with Crippen LogP contribution >= 0.6 is 11.8 Å². The quantitative estimate of drug-likeness (QED) is 0.838. The summed E-state index contributed by atoms with van der Waals surface area (Å²) in [6.45, 7) is 2.52. The second-order valence-electron chi connectivity index (χ2n) is 5.46. The average Bonchev–Trinajstić information content (AvgIpc) is 3.10. The minimum atomic E-state index is -0.429. The van der Waals surface area contributed by atoms with E-state index in [9.17, 15) is 9.59 Å². The van der Waals surface area contributed by atoms with E-state index in [1.54, 1.807) is 16.7 Å². The van der Waals surface area contributed by atoms with Gasteiger partial charge in [0.25, 0.3) is 0 Å². The summed E-state index contributed by atoms with van der Waals surface area (Å²) in [4.78, 5) is 28.2. The van der Waals surface area contributed by atoms with Crippen LogP contribution in [0.5, 0.6) is 0 Å². The zero-order chi connectivity index (χ0) is 16.1. The van der Waals surface area contributed by atoms with Gasteiger partial charge in [-0.05, 0) is 5.56 Å². The Morgan fingerprint density at radius 3 is 2.70 bits per heavy atom. The van der Waals surface area contributed by atoms with Gasteiger partial charge in [-0.2, -0.15) is 0 Å². The standard InChI is InChI=1S/C16H20N2O4S/c19-15(17-6-8-21-9-7-17)14-11-23-12-18(14)16(20)22-10-13-4-2-1-3-5-13/h1-5,14H,6-12H2/t14-/m0/s1. The summed E-state index contributed by atoms with van der Waals surface area (Å²) in [5, 5.41) is 0. The summed E-state index contributed by atoms with van der Waals surface area (Å²) in [6.07, 6.45) is -0.425. The van der Waals surface area contributed by atoms with E-state index in [0.29, 0.717) is 37.9 Å². The fourth-order valence-corrected chi connectivity index (χ4v) is 3.76. The van der Waals surface area contributed by atoms with E-state index >= 15 is 0 Å². The number of ether oxygens (including phenoxy) is 2. The summed E-state index contributed by atoms with van der Waals surface area (Å²) in [7, 11) is 0. The number of morpholine rings is 1. The molecule has 0 aromatic heterocycles. The minimum Gasteiger partial charge on any atom is -0.445 e. The molecule has 1 aromatic carbocycles. The Morgan fingerprint density at radius 2 is 1.96 bits per heavy atom. The molecule has 23 heavy (non-hydrogen) atoms. The second kappa shape index (κ2) is 7.70. The van der Waals surface area contributed by atoms with Gasteiger partial charge in [-0.1, -0.05) is 30.3 Å². The topological polar surface area (TPSA) is 59.1 Å². The summed E-state index contributed by atoms with van der Waals surface area (Å²) in [6, 6.07) is 9.10. The molecule has 3 rings (SSSR count). The van der Waals surface area contributed by atoms with Crippen molar-refractivity contribution in [2.75, 3.05) is 37.9 Å². The van der Waals surface area contributed by atoms with Gasteiger partial charge in [0.1, 0.15) is 12.6 Å². The van der Waals surface area contributed by atoms with Crippen molar-refractivity contribution in [3.8, 4) is 0 Å². The molecule has 0 radical (unpaired) electrons. The monoisotopic (exact) mass is 336 g/mol. The van der Waals surface area contributed by atoms with E-state index in [-0.39, 0.29) is 12.5 Å². The molecule has 7 heteroatoms. The van der Waals surface area contributed by atoms with Crippen molar-refractivity contribution in [3.63, 3.8) is 0 Å². The molecule has 2 aliphatic rings. The third-order valence-corrected chi connectivity index (χ3v) is 4.94. The van der Waals surface area contributed by atoms with E-state index in [4.69, 9.17) is 9.47 Å². The van der Waals surface area contributed by atoms with Crippen LogP contribution in [0.15, 0.2) is 30.3 Å². The fourth-order valence-electron chi connectivity index (χ4n) is 2.62. The van der Waals surface area contributed by atoms with E-state index in [1.165, 1.54) is 4.90 Å². The van der Waals surface area contributed by atoms with Crippen LogP contribution in [0.2, 0.25) is 0 Å². The lowest BCUT2D eigenvalue weighted by Crippen LogP contribution is -2.52. The van der Waals surface area contributed by atoms with Gasteiger partial charge in [0, 0.05) is 18.8 Å². The highest BCUT2D eigenvalue weighted by Crippen LogP contribution is 2.24. The fraction of sp³-hybridized carbons (Fsp3) is 0.500. The van der Waals surface area contributed by atoms with Crippen LogP contribution in [0.25, 0.3) is 0 Å². The van der Waals surface area contributed by atoms with Crippen LogP contribution in [-0.2, 0) is 20.9 Å². The van der Waals surface area contributed by atoms with Crippen LogP contribution in [-0.4, -0.2) is 65.8 Å². The van der Waals surface area contributed by atoms with Crippen molar-refractivity contribution in [1.29, 1.82) is 0 Å². The zero-order valence-corrected chi connectivity index (χ0v) is 13.7. The van der Waals surface area contributed by atoms with Gasteiger partial charge >= 0.3 is 6.09 Å². The maximum Gasteiger partial charge on any atom is 0.411 e. The number of hydrogen-bond acceptors (Lipinski definition) is 5. The van der Waals surface area contributed by atoms with Crippen LogP contribution in [0.3, 0.4) is 0 Å². The number of carbonyl (C=O) groups excluding carboxylic acids is 2. The molecular weight excluding hydrogens is 316 g/mol. The zero-order valence-electron chi connectivity index (χ0n) is 12.8. The third-order valence-electron chi connectivity index (χ3n) is 3.93. The van der Waals surface area contributed by atoms with E-state index < -0.39 is 12.1 Å². The van der Waals surface area contributed by atoms with Crippen molar-refractivity contribution >= 4 is 23.8 Å². The Labute approximate surface area is 139 Å². The van der Waals surface area contributed by atoms with Crippen molar-refractivity contribution in [3.05, 3.63) is 35.9 Å². The first-order valence-corrected chi connectivity index (χ1v) is 8.83. The predicted molar refractivity (Wildman–Crippen MR) is 87.0 cm³/mol. The first kappa shape index (κ1) is 16.1. The Morgan fingerprint density at radius 1 is 1.22 bits per heavy atom. The molecule has 124 valence electrons. The molecule has 0 N–H and O–H groups in total. The van der Waals surface area contributed by atoms with Crippen molar-refractivity contribution in [2.45, 2.75) is 12.6 Å². The van der Waals surface area contributed by atoms with Gasteiger partial charge in [0.05, 0.1) is 19.1 Å². The molecule has 0 aliphatic carbocycles. The van der Waals surface area contributed by atoms with Crippen molar-refractivity contribution in [2.24, 2.45) is 0 Å². The summed E-state index contributed by atoms with van der Waals surface area (Å²) < 4.78 is 10.6. The second-order valence-corrected chi connectivity index (χ2v) is 6.46. The van der Waals surface area contributed by atoms with Gasteiger partial charge in [0.15, 0.2) is 0 Å². The molecule has 0 unspecified atom stereocenters. The van der Waals surface area contributed by atoms with Crippen molar-refractivity contribution in [1.82, 2.24) is 9.80 Å². The molecule has 6 nitrogen and oxygen atoms in total. The molecule has 2 fully saturated rings. The number of rotatable bonds is 3. The van der Waals surface area contributed by atoms with Crippen LogP contribution in [0.1, 0.15) is 5.56 Å². The Balaban J connectivity index is 1.57. The van der Waals surface area contributed by atoms with Gasteiger partial charge in [-0.15, -0.1) is 11.8 Å². The van der Waals surface area contributed by atoms with Gasteiger partial charge in [-0.3, -0.25) is 9.69 Å². The Kier molecular flexibility index (Phi) is 5.40. The molecule has 2 saturated heterocycles. The normalized spacial score (nSPS) is 21.3. The molecule has 1 atom stereocenters. The highest BCUT2D eigenvalue weighted by Gasteiger charge is 2.38. The largest absolute Gasteiger partial charge is 0.445 e. The molecule has 2 heterocycles. The first-order valence-electron chi connectivity index (χ1n) is 7.67. The number of hydrogen-bond donors (Lipinski definition) is 0. The summed E-state index contributed by atoms with van der Waals surface area (Å²) in [5.74, 6) is 1.11. The van der Waals surface area contributed by atoms with Crippen molar-refractivity contribution < 1.29 is 19.1 Å². The highest BCUT2D eigenvalue weighted by atomic mass is 32.2. The van der Waals surface area contributed by atoms with Gasteiger partial charge in [0.2, 0.25) is 5.91 Å². The first-order chi connectivity index (χ1) is 11.3.